The molecule has 0 aliphatic rings. The summed E-state index contributed by atoms with van der Waals surface area (Å²) in [6, 6.07) is 5.49. The predicted molar refractivity (Wildman–Crippen MR) is 62.4 cm³/mol. The number of carbonyl (C=O) groups excluding carboxylic acids is 1. The maximum atomic E-state index is 11.1. The van der Waals surface area contributed by atoms with E-state index in [0.29, 0.717) is 0 Å². The fourth-order valence-corrected chi connectivity index (χ4v) is 1.89. The van der Waals surface area contributed by atoms with Gasteiger partial charge in [0, 0.05) is 10.5 Å². The van der Waals surface area contributed by atoms with E-state index in [0.717, 1.165) is 15.6 Å². The molecule has 1 rings (SSSR count). The molecule has 4 heteroatoms. The highest BCUT2D eigenvalue weighted by Crippen LogP contribution is 2.27. The number of carbonyl (C=O) groups is 1. The van der Waals surface area contributed by atoms with E-state index < -0.39 is 0 Å². The van der Waals surface area contributed by atoms with Crippen LogP contribution in [0.3, 0.4) is 0 Å². The van der Waals surface area contributed by atoms with Gasteiger partial charge in [0.25, 0.3) is 0 Å². The summed E-state index contributed by atoms with van der Waals surface area (Å²) < 4.78 is 5.54. The first-order chi connectivity index (χ1) is 7.06. The number of aryl methyl sites for hydroxylation is 1. The van der Waals surface area contributed by atoms with Crippen LogP contribution in [0.2, 0.25) is 0 Å². The van der Waals surface area contributed by atoms with Gasteiger partial charge in [-0.3, -0.25) is 4.79 Å². The molecule has 0 saturated carbocycles. The lowest BCUT2D eigenvalue weighted by Crippen LogP contribution is -2.17. The highest BCUT2D eigenvalue weighted by atomic mass is 79.9. The van der Waals surface area contributed by atoms with Crippen molar-refractivity contribution >= 4 is 21.9 Å². The quantitative estimate of drug-likeness (QED) is 0.859. The lowest BCUT2D eigenvalue weighted by Gasteiger charge is -2.13. The molecule has 0 aliphatic carbocycles. The van der Waals surface area contributed by atoms with E-state index in [2.05, 4.69) is 20.7 Å². The molecule has 1 aromatic carbocycles. The maximum Gasteiger partial charge on any atom is 0.307 e. The van der Waals surface area contributed by atoms with Gasteiger partial charge in [-0.1, -0.05) is 34.1 Å². The number of methoxy groups -OCH3 is 1. The van der Waals surface area contributed by atoms with Crippen molar-refractivity contribution in [2.75, 3.05) is 7.11 Å². The van der Waals surface area contributed by atoms with Crippen LogP contribution in [0.25, 0.3) is 0 Å². The van der Waals surface area contributed by atoms with E-state index in [-0.39, 0.29) is 18.4 Å². The third-order valence-corrected chi connectivity index (χ3v) is 3.32. The molecule has 0 amide bonds. The normalized spacial score (nSPS) is 12.3. The van der Waals surface area contributed by atoms with Crippen LogP contribution in [0.4, 0.5) is 0 Å². The van der Waals surface area contributed by atoms with E-state index in [1.165, 1.54) is 7.11 Å². The minimum atomic E-state index is -0.327. The first kappa shape index (κ1) is 12.2. The zero-order chi connectivity index (χ0) is 11.4. The maximum absolute atomic E-state index is 11.1. The van der Waals surface area contributed by atoms with Gasteiger partial charge in [-0.25, -0.2) is 0 Å². The topological polar surface area (TPSA) is 52.3 Å². The Morgan fingerprint density at radius 3 is 2.87 bits per heavy atom. The van der Waals surface area contributed by atoms with Gasteiger partial charge in [-0.05, 0) is 18.1 Å². The zero-order valence-corrected chi connectivity index (χ0v) is 10.4. The van der Waals surface area contributed by atoms with Crippen molar-refractivity contribution in [3.8, 4) is 0 Å². The molecular weight excluding hydrogens is 258 g/mol. The molecule has 2 N–H and O–H groups in total. The van der Waals surface area contributed by atoms with Gasteiger partial charge in [0.2, 0.25) is 0 Å². The summed E-state index contributed by atoms with van der Waals surface area (Å²) in [7, 11) is 1.36. The molecule has 82 valence electrons. The zero-order valence-electron chi connectivity index (χ0n) is 8.79. The Balaban J connectivity index is 2.86. The molecule has 0 radical (unpaired) electrons. The van der Waals surface area contributed by atoms with Gasteiger partial charge in [0.05, 0.1) is 13.5 Å². The van der Waals surface area contributed by atoms with Gasteiger partial charge in [0.1, 0.15) is 0 Å². The van der Waals surface area contributed by atoms with Crippen LogP contribution in [-0.2, 0) is 9.53 Å². The lowest BCUT2D eigenvalue weighted by molar-refractivity contribution is -0.141. The summed E-state index contributed by atoms with van der Waals surface area (Å²) >= 11 is 3.46. The number of halogens is 1. The van der Waals surface area contributed by atoms with Crippen molar-refractivity contribution in [2.24, 2.45) is 5.73 Å². The summed E-state index contributed by atoms with van der Waals surface area (Å²) in [6.45, 7) is 1.98. The second-order valence-electron chi connectivity index (χ2n) is 3.36. The van der Waals surface area contributed by atoms with Crippen molar-refractivity contribution < 1.29 is 9.53 Å². The molecule has 1 atom stereocenters. The molecule has 0 saturated heterocycles. The number of hydrogen-bond acceptors (Lipinski definition) is 3. The number of rotatable bonds is 3. The van der Waals surface area contributed by atoms with E-state index in [1.807, 2.05) is 25.1 Å². The van der Waals surface area contributed by atoms with Crippen LogP contribution in [-0.4, -0.2) is 13.1 Å². The number of esters is 1. The number of benzene rings is 1. The van der Waals surface area contributed by atoms with Crippen LogP contribution >= 0.6 is 15.9 Å². The summed E-state index contributed by atoms with van der Waals surface area (Å²) in [4.78, 5) is 11.1. The van der Waals surface area contributed by atoms with Crippen molar-refractivity contribution in [1.29, 1.82) is 0 Å². The molecular formula is C11H14BrNO2. The molecule has 3 nitrogen and oxygen atoms in total. The Bertz CT molecular complexity index is 366. The monoisotopic (exact) mass is 271 g/mol. The van der Waals surface area contributed by atoms with Gasteiger partial charge in [-0.15, -0.1) is 0 Å². The summed E-state index contributed by atoms with van der Waals surface area (Å²) in [5.74, 6) is -0.295. The minimum Gasteiger partial charge on any atom is -0.469 e. The molecule has 0 aromatic heterocycles. The Morgan fingerprint density at radius 1 is 1.60 bits per heavy atom. The average molecular weight is 272 g/mol. The number of ether oxygens (including phenoxy) is 1. The third kappa shape index (κ3) is 3.04. The van der Waals surface area contributed by atoms with Crippen LogP contribution in [0, 0.1) is 6.92 Å². The van der Waals surface area contributed by atoms with Gasteiger partial charge in [-0.2, -0.15) is 0 Å². The molecule has 1 aromatic rings. The second-order valence-corrected chi connectivity index (χ2v) is 4.16. The molecule has 0 heterocycles. The lowest BCUT2D eigenvalue weighted by atomic mass is 10.0. The minimum absolute atomic E-state index is 0.193. The SMILES string of the molecule is COC(=O)C[C@@H](N)c1cccc(C)c1Br. The Labute approximate surface area is 97.7 Å². The summed E-state index contributed by atoms with van der Waals surface area (Å²) in [5, 5.41) is 0. The predicted octanol–water partition coefficient (Wildman–Crippen LogP) is 2.32. The Morgan fingerprint density at radius 2 is 2.27 bits per heavy atom. The van der Waals surface area contributed by atoms with Crippen LogP contribution in [0.1, 0.15) is 23.6 Å². The standard InChI is InChI=1S/C11H14BrNO2/c1-7-4-3-5-8(11(7)12)9(13)6-10(14)15-2/h3-5,9H,6,13H2,1-2H3/t9-/m1/s1. The number of hydrogen-bond donors (Lipinski definition) is 1. The Hall–Kier alpha value is -0.870. The van der Waals surface area contributed by atoms with Crippen molar-refractivity contribution in [3.63, 3.8) is 0 Å². The first-order valence-corrected chi connectivity index (χ1v) is 5.43. The highest BCUT2D eigenvalue weighted by molar-refractivity contribution is 9.10. The summed E-state index contributed by atoms with van der Waals surface area (Å²) in [5.41, 5.74) is 7.95. The first-order valence-electron chi connectivity index (χ1n) is 4.63. The smallest absolute Gasteiger partial charge is 0.307 e. The second kappa shape index (κ2) is 5.28. The summed E-state index contributed by atoms with van der Waals surface area (Å²) in [6.07, 6.45) is 0.193. The van der Waals surface area contributed by atoms with Gasteiger partial charge >= 0.3 is 5.97 Å². The largest absolute Gasteiger partial charge is 0.469 e. The van der Waals surface area contributed by atoms with Crippen LogP contribution < -0.4 is 5.73 Å². The molecule has 0 spiro atoms. The third-order valence-electron chi connectivity index (χ3n) is 2.24. The molecule has 0 aliphatic heterocycles. The molecule has 0 unspecified atom stereocenters. The molecule has 0 bridgehead atoms. The van der Waals surface area contributed by atoms with Crippen molar-refractivity contribution in [2.45, 2.75) is 19.4 Å². The fourth-order valence-electron chi connectivity index (χ4n) is 1.33. The molecule has 0 fully saturated rings. The number of nitrogens with two attached hydrogens (primary N) is 1. The van der Waals surface area contributed by atoms with Crippen molar-refractivity contribution in [3.05, 3.63) is 33.8 Å². The fraction of sp³-hybridized carbons (Fsp3) is 0.364. The Kier molecular flexibility index (Phi) is 4.29. The average Bonchev–Trinajstić information content (AvgIpc) is 2.21. The van der Waals surface area contributed by atoms with E-state index in [4.69, 9.17) is 5.73 Å². The van der Waals surface area contributed by atoms with Crippen LogP contribution in [0.15, 0.2) is 22.7 Å². The highest BCUT2D eigenvalue weighted by Gasteiger charge is 2.15. The van der Waals surface area contributed by atoms with Crippen molar-refractivity contribution in [1.82, 2.24) is 0 Å². The van der Waals surface area contributed by atoms with Gasteiger partial charge in [0.15, 0.2) is 0 Å². The van der Waals surface area contributed by atoms with E-state index in [1.54, 1.807) is 0 Å². The van der Waals surface area contributed by atoms with Crippen LogP contribution in [0.5, 0.6) is 0 Å². The van der Waals surface area contributed by atoms with E-state index >= 15 is 0 Å². The van der Waals surface area contributed by atoms with Gasteiger partial charge < -0.3 is 10.5 Å². The molecule has 15 heavy (non-hydrogen) atoms. The van der Waals surface area contributed by atoms with E-state index in [9.17, 15) is 4.79 Å².